The summed E-state index contributed by atoms with van der Waals surface area (Å²) in [6.07, 6.45) is 5.40. The van der Waals surface area contributed by atoms with Gasteiger partial charge in [0.25, 0.3) is 0 Å². The first-order valence-corrected chi connectivity index (χ1v) is 8.65. The summed E-state index contributed by atoms with van der Waals surface area (Å²) in [6, 6.07) is 1.39. The highest BCUT2D eigenvalue weighted by molar-refractivity contribution is 7.89. The Morgan fingerprint density at radius 3 is 2.73 bits per heavy atom. The first-order chi connectivity index (χ1) is 10.4. The smallest absolute Gasteiger partial charge is 0.242 e. The summed E-state index contributed by atoms with van der Waals surface area (Å²) < 4.78 is 28.6. The number of aryl methyl sites for hydroxylation is 1. The fourth-order valence-electron chi connectivity index (χ4n) is 1.88. The number of nitrogens with zero attached hydrogens (tertiary/aromatic N) is 3. The minimum atomic E-state index is -3.63. The van der Waals surface area contributed by atoms with Crippen molar-refractivity contribution in [2.24, 2.45) is 7.05 Å². The van der Waals surface area contributed by atoms with E-state index < -0.39 is 10.0 Å². The second kappa shape index (κ2) is 7.08. The summed E-state index contributed by atoms with van der Waals surface area (Å²) in [7, 11) is -1.82. The van der Waals surface area contributed by atoms with E-state index in [0.29, 0.717) is 18.8 Å². The summed E-state index contributed by atoms with van der Waals surface area (Å²) in [5, 5.41) is 7.26. The molecule has 7 nitrogen and oxygen atoms in total. The highest BCUT2D eigenvalue weighted by atomic mass is 35.5. The molecular formula is C13H18ClN5O2S. The van der Waals surface area contributed by atoms with Gasteiger partial charge in [0.2, 0.25) is 10.0 Å². The average Bonchev–Trinajstić information content (AvgIpc) is 2.86. The van der Waals surface area contributed by atoms with Crippen molar-refractivity contribution >= 4 is 27.4 Å². The fraction of sp³-hybridized carbons (Fsp3) is 0.385. The van der Waals surface area contributed by atoms with Crippen molar-refractivity contribution < 1.29 is 8.42 Å². The van der Waals surface area contributed by atoms with Crippen LogP contribution in [0.25, 0.3) is 0 Å². The fourth-order valence-corrected chi connectivity index (χ4v) is 3.18. The van der Waals surface area contributed by atoms with Gasteiger partial charge in [-0.15, -0.1) is 0 Å². The van der Waals surface area contributed by atoms with E-state index >= 15 is 0 Å². The largest absolute Gasteiger partial charge is 0.369 e. The number of pyridine rings is 1. The lowest BCUT2D eigenvalue weighted by Gasteiger charge is -2.09. The number of hydrogen-bond donors (Lipinski definition) is 2. The number of nitrogens with one attached hydrogen (secondary N) is 2. The molecule has 2 rings (SSSR count). The van der Waals surface area contributed by atoms with Crippen LogP contribution in [-0.2, 0) is 23.5 Å². The Kier molecular flexibility index (Phi) is 5.38. The van der Waals surface area contributed by atoms with E-state index in [-0.39, 0.29) is 16.5 Å². The third kappa shape index (κ3) is 4.19. The molecule has 0 aliphatic heterocycles. The van der Waals surface area contributed by atoms with Crippen LogP contribution in [0.5, 0.6) is 0 Å². The molecule has 2 aromatic heterocycles. The minimum Gasteiger partial charge on any atom is -0.369 e. The van der Waals surface area contributed by atoms with E-state index in [1.54, 1.807) is 10.9 Å². The van der Waals surface area contributed by atoms with Crippen LogP contribution in [0.2, 0.25) is 5.02 Å². The summed E-state index contributed by atoms with van der Waals surface area (Å²) in [5.74, 6) is 0.471. The monoisotopic (exact) mass is 343 g/mol. The van der Waals surface area contributed by atoms with E-state index in [4.69, 9.17) is 11.6 Å². The quantitative estimate of drug-likeness (QED) is 0.793. The number of anilines is 1. The van der Waals surface area contributed by atoms with Crippen LogP contribution >= 0.6 is 11.6 Å². The number of sulfonamides is 1. The molecule has 2 heterocycles. The standard InChI is InChI=1S/C13H18ClN5O2S/c1-3-15-13-12(14)6-11(8-16-13)22(20,21)18-5-4-10-7-17-19(2)9-10/h6-9,18H,3-5H2,1-2H3,(H,15,16). The van der Waals surface area contributed by atoms with Gasteiger partial charge in [-0.2, -0.15) is 5.10 Å². The van der Waals surface area contributed by atoms with Crippen LogP contribution in [0.15, 0.2) is 29.6 Å². The van der Waals surface area contributed by atoms with Crippen LogP contribution in [-0.4, -0.2) is 36.3 Å². The lowest BCUT2D eigenvalue weighted by Crippen LogP contribution is -2.26. The van der Waals surface area contributed by atoms with Crippen LogP contribution in [0.3, 0.4) is 0 Å². The lowest BCUT2D eigenvalue weighted by molar-refractivity contribution is 0.581. The molecule has 0 saturated heterocycles. The molecule has 0 amide bonds. The summed E-state index contributed by atoms with van der Waals surface area (Å²) >= 11 is 6.02. The van der Waals surface area contributed by atoms with Gasteiger partial charge in [0.05, 0.1) is 11.2 Å². The number of hydrogen-bond acceptors (Lipinski definition) is 5. The van der Waals surface area contributed by atoms with Crippen LogP contribution in [0.1, 0.15) is 12.5 Å². The Bertz CT molecular complexity index is 745. The van der Waals surface area contributed by atoms with Crippen LogP contribution in [0.4, 0.5) is 5.82 Å². The van der Waals surface area contributed by atoms with Crippen molar-refractivity contribution in [3.63, 3.8) is 0 Å². The Morgan fingerprint density at radius 2 is 2.14 bits per heavy atom. The number of rotatable bonds is 7. The molecule has 9 heteroatoms. The molecule has 0 aliphatic rings. The van der Waals surface area contributed by atoms with E-state index in [1.165, 1.54) is 12.3 Å². The SMILES string of the molecule is CCNc1ncc(S(=O)(=O)NCCc2cnn(C)c2)cc1Cl. The van der Waals surface area contributed by atoms with Crippen LogP contribution in [0, 0.1) is 0 Å². The highest BCUT2D eigenvalue weighted by Gasteiger charge is 2.16. The van der Waals surface area contributed by atoms with E-state index in [2.05, 4.69) is 20.1 Å². The number of aromatic nitrogens is 3. The molecule has 22 heavy (non-hydrogen) atoms. The van der Waals surface area contributed by atoms with Crippen molar-refractivity contribution in [3.05, 3.63) is 35.2 Å². The van der Waals surface area contributed by atoms with Crippen molar-refractivity contribution in [3.8, 4) is 0 Å². The predicted molar refractivity (Wildman–Crippen MR) is 85.5 cm³/mol. The van der Waals surface area contributed by atoms with Gasteiger partial charge in [-0.05, 0) is 25.0 Å². The first-order valence-electron chi connectivity index (χ1n) is 6.79. The van der Waals surface area contributed by atoms with E-state index in [1.807, 2.05) is 20.2 Å². The molecule has 2 aromatic rings. The van der Waals surface area contributed by atoms with Gasteiger partial charge < -0.3 is 5.32 Å². The van der Waals surface area contributed by atoms with Gasteiger partial charge in [0, 0.05) is 32.5 Å². The molecule has 2 N–H and O–H groups in total. The van der Waals surface area contributed by atoms with E-state index in [9.17, 15) is 8.42 Å². The Balaban J connectivity index is 2.02. The van der Waals surface area contributed by atoms with E-state index in [0.717, 1.165) is 5.56 Å². The van der Waals surface area contributed by atoms with Gasteiger partial charge in [0.1, 0.15) is 10.7 Å². The third-order valence-electron chi connectivity index (χ3n) is 2.93. The second-order valence-corrected chi connectivity index (χ2v) is 6.88. The topological polar surface area (TPSA) is 88.9 Å². The Morgan fingerprint density at radius 1 is 1.36 bits per heavy atom. The molecule has 0 spiro atoms. The highest BCUT2D eigenvalue weighted by Crippen LogP contribution is 2.22. The first kappa shape index (κ1) is 16.7. The summed E-state index contributed by atoms with van der Waals surface area (Å²) in [6.45, 7) is 2.84. The molecule has 0 atom stereocenters. The lowest BCUT2D eigenvalue weighted by atomic mass is 10.3. The molecule has 0 aromatic carbocycles. The normalized spacial score (nSPS) is 11.6. The summed E-state index contributed by atoms with van der Waals surface area (Å²) in [5.41, 5.74) is 0.962. The maximum atomic E-state index is 12.2. The molecule has 0 aliphatic carbocycles. The van der Waals surface area contributed by atoms with Crippen molar-refractivity contribution in [2.75, 3.05) is 18.4 Å². The molecule has 120 valence electrons. The Hall–Kier alpha value is -1.64. The molecular weight excluding hydrogens is 326 g/mol. The zero-order chi connectivity index (χ0) is 16.2. The van der Waals surface area contributed by atoms with Gasteiger partial charge in [-0.3, -0.25) is 4.68 Å². The molecule has 0 saturated carbocycles. The molecule has 0 unspecified atom stereocenters. The Labute approximate surface area is 134 Å². The molecule has 0 bridgehead atoms. The maximum absolute atomic E-state index is 12.2. The zero-order valence-electron chi connectivity index (χ0n) is 12.4. The van der Waals surface area contributed by atoms with Gasteiger partial charge in [-0.25, -0.2) is 18.1 Å². The minimum absolute atomic E-state index is 0.0466. The zero-order valence-corrected chi connectivity index (χ0v) is 13.9. The maximum Gasteiger partial charge on any atom is 0.242 e. The van der Waals surface area contributed by atoms with Crippen molar-refractivity contribution in [2.45, 2.75) is 18.2 Å². The van der Waals surface area contributed by atoms with Gasteiger partial charge in [0.15, 0.2) is 0 Å². The summed E-state index contributed by atoms with van der Waals surface area (Å²) in [4.78, 5) is 4.07. The van der Waals surface area contributed by atoms with Crippen molar-refractivity contribution in [1.82, 2.24) is 19.5 Å². The average molecular weight is 344 g/mol. The third-order valence-corrected chi connectivity index (χ3v) is 4.65. The van der Waals surface area contributed by atoms with Gasteiger partial charge >= 0.3 is 0 Å². The molecule has 0 fully saturated rings. The second-order valence-electron chi connectivity index (χ2n) is 4.70. The van der Waals surface area contributed by atoms with Gasteiger partial charge in [-0.1, -0.05) is 11.6 Å². The molecule has 0 radical (unpaired) electrons. The predicted octanol–water partition coefficient (Wildman–Crippen LogP) is 1.42. The number of halogens is 1. The van der Waals surface area contributed by atoms with Crippen LogP contribution < -0.4 is 10.0 Å². The van der Waals surface area contributed by atoms with Crippen molar-refractivity contribution in [1.29, 1.82) is 0 Å².